The Morgan fingerprint density at radius 1 is 0.571 bits per heavy atom. The van der Waals surface area contributed by atoms with E-state index < -0.39 is 0 Å². The topological polar surface area (TPSA) is 103 Å². The molecule has 2 aromatic heterocycles. The highest BCUT2D eigenvalue weighted by atomic mass is 15.4. The first-order valence-corrected chi connectivity index (χ1v) is 3.76. The van der Waals surface area contributed by atoms with Gasteiger partial charge in [-0.05, 0) is 33.0 Å². The molecule has 14 heavy (non-hydrogen) atoms. The molecule has 0 aliphatic rings. The van der Waals surface area contributed by atoms with Gasteiger partial charge in [0.1, 0.15) is 22.1 Å². The summed E-state index contributed by atoms with van der Waals surface area (Å²) >= 11 is 0. The van der Waals surface area contributed by atoms with E-state index in [0.717, 1.165) is 0 Å². The average molecular weight is 186 g/mol. The highest BCUT2D eigenvalue weighted by molar-refractivity contribution is 5.98. The Balaban J connectivity index is 2.61. The molecule has 0 amide bonds. The molecule has 0 atom stereocenters. The van der Waals surface area contributed by atoms with Gasteiger partial charge in [-0.3, -0.25) is 0 Å². The first kappa shape index (κ1) is 7.06. The Morgan fingerprint density at radius 2 is 1.00 bits per heavy atom. The van der Waals surface area contributed by atoms with Crippen LogP contribution in [0.3, 0.4) is 0 Å². The van der Waals surface area contributed by atoms with Crippen LogP contribution in [-0.4, -0.2) is 41.2 Å². The lowest BCUT2D eigenvalue weighted by Crippen LogP contribution is -1.97. The fourth-order valence-electron chi connectivity index (χ4n) is 1.18. The lowest BCUT2D eigenvalue weighted by Gasteiger charge is -1.95. The van der Waals surface area contributed by atoms with Gasteiger partial charge in [-0.1, -0.05) is 0 Å². The standard InChI is InChI=1S/C6H2N8/c1-2-4-6(10-14-12-8-4)5-3(1)7-11-13-9-5/h1-2H. The molecule has 8 nitrogen and oxygen atoms in total. The molecule has 8 heteroatoms. The van der Waals surface area contributed by atoms with Crippen molar-refractivity contribution < 1.29 is 0 Å². The van der Waals surface area contributed by atoms with Crippen LogP contribution < -0.4 is 0 Å². The summed E-state index contributed by atoms with van der Waals surface area (Å²) in [5.74, 6) is 0. The molecule has 0 saturated carbocycles. The molecule has 0 radical (unpaired) electrons. The van der Waals surface area contributed by atoms with E-state index in [1.54, 1.807) is 12.1 Å². The second-order valence-corrected chi connectivity index (χ2v) is 2.56. The zero-order valence-corrected chi connectivity index (χ0v) is 6.73. The number of fused-ring (bicyclic) bond motifs is 3. The minimum Gasteiger partial charge on any atom is -0.127 e. The van der Waals surface area contributed by atoms with E-state index in [2.05, 4.69) is 41.2 Å². The largest absolute Gasteiger partial charge is 0.145 e. The van der Waals surface area contributed by atoms with Crippen LogP contribution in [0.25, 0.3) is 22.1 Å². The summed E-state index contributed by atoms with van der Waals surface area (Å²) in [6.07, 6.45) is 0. The molecule has 0 saturated heterocycles. The predicted molar refractivity (Wildman–Crippen MR) is 43.8 cm³/mol. The first-order chi connectivity index (χ1) is 6.95. The van der Waals surface area contributed by atoms with E-state index in [-0.39, 0.29) is 0 Å². The minimum atomic E-state index is 0.528. The third-order valence-electron chi connectivity index (χ3n) is 1.78. The summed E-state index contributed by atoms with van der Waals surface area (Å²) in [7, 11) is 0. The van der Waals surface area contributed by atoms with Crippen molar-refractivity contribution in [1.82, 2.24) is 41.2 Å². The fourth-order valence-corrected chi connectivity index (χ4v) is 1.18. The van der Waals surface area contributed by atoms with Crippen LogP contribution in [0, 0.1) is 0 Å². The van der Waals surface area contributed by atoms with Gasteiger partial charge in [0.05, 0.1) is 0 Å². The zero-order chi connectivity index (χ0) is 9.38. The number of aromatic nitrogens is 8. The van der Waals surface area contributed by atoms with Crippen molar-refractivity contribution in [2.45, 2.75) is 0 Å². The Labute approximate surface area is 76.4 Å². The van der Waals surface area contributed by atoms with Gasteiger partial charge in [-0.25, -0.2) is 0 Å². The van der Waals surface area contributed by atoms with Crippen LogP contribution in [0.5, 0.6) is 0 Å². The maximum atomic E-state index is 3.82. The molecule has 0 spiro atoms. The molecule has 1 aromatic carbocycles. The molecule has 0 aliphatic heterocycles. The van der Waals surface area contributed by atoms with Crippen LogP contribution >= 0.6 is 0 Å². The Kier molecular flexibility index (Phi) is 1.29. The third kappa shape index (κ3) is 0.873. The van der Waals surface area contributed by atoms with Gasteiger partial charge in [0.25, 0.3) is 0 Å². The Morgan fingerprint density at radius 3 is 1.50 bits per heavy atom. The summed E-state index contributed by atoms with van der Waals surface area (Å²) in [6.45, 7) is 0. The van der Waals surface area contributed by atoms with Crippen molar-refractivity contribution in [3.8, 4) is 0 Å². The van der Waals surface area contributed by atoms with Gasteiger partial charge < -0.3 is 0 Å². The number of hydrogen-bond acceptors (Lipinski definition) is 8. The lowest BCUT2D eigenvalue weighted by atomic mass is 10.2. The maximum Gasteiger partial charge on any atom is 0.145 e. The summed E-state index contributed by atoms with van der Waals surface area (Å²) < 4.78 is 0. The molecule has 0 fully saturated rings. The monoisotopic (exact) mass is 186 g/mol. The van der Waals surface area contributed by atoms with Crippen molar-refractivity contribution in [3.05, 3.63) is 12.1 Å². The van der Waals surface area contributed by atoms with Crippen LogP contribution in [0.2, 0.25) is 0 Å². The Hall–Kier alpha value is -2.38. The van der Waals surface area contributed by atoms with E-state index in [1.165, 1.54) is 0 Å². The molecule has 3 aromatic rings. The quantitative estimate of drug-likeness (QED) is 0.418. The number of benzene rings is 1. The normalized spacial score (nSPS) is 10.9. The fraction of sp³-hybridized carbons (Fsp3) is 0. The SMILES string of the molecule is c1cc2nnnnc2c2nnnnc12. The lowest BCUT2D eigenvalue weighted by molar-refractivity contribution is 0.784. The van der Waals surface area contributed by atoms with Gasteiger partial charge >= 0.3 is 0 Å². The maximum absolute atomic E-state index is 3.82. The summed E-state index contributed by atoms with van der Waals surface area (Å²) in [4.78, 5) is 0. The summed E-state index contributed by atoms with van der Waals surface area (Å²) in [5, 5.41) is 28.9. The van der Waals surface area contributed by atoms with E-state index in [0.29, 0.717) is 22.1 Å². The molecule has 0 bridgehead atoms. The summed E-state index contributed by atoms with van der Waals surface area (Å²) in [5.41, 5.74) is 2.27. The van der Waals surface area contributed by atoms with E-state index in [1.807, 2.05) is 0 Å². The van der Waals surface area contributed by atoms with Crippen molar-refractivity contribution >= 4 is 22.1 Å². The molecular weight excluding hydrogens is 184 g/mol. The number of hydrogen-bond donors (Lipinski definition) is 0. The average Bonchev–Trinajstić information content (AvgIpc) is 2.29. The molecule has 0 N–H and O–H groups in total. The first-order valence-electron chi connectivity index (χ1n) is 3.76. The molecule has 2 heterocycles. The van der Waals surface area contributed by atoms with E-state index >= 15 is 0 Å². The highest BCUT2D eigenvalue weighted by Gasteiger charge is 2.05. The molecule has 66 valence electrons. The molecular formula is C6H2N8. The molecule has 0 aliphatic carbocycles. The number of nitrogens with zero attached hydrogens (tertiary/aromatic N) is 8. The van der Waals surface area contributed by atoms with Gasteiger partial charge in [-0.15, -0.1) is 20.4 Å². The van der Waals surface area contributed by atoms with Crippen LogP contribution in [0.1, 0.15) is 0 Å². The smallest absolute Gasteiger partial charge is 0.127 e. The van der Waals surface area contributed by atoms with Crippen molar-refractivity contribution in [2.24, 2.45) is 0 Å². The minimum absolute atomic E-state index is 0.528. The second kappa shape index (κ2) is 2.55. The Bertz CT molecular complexity index is 553. The van der Waals surface area contributed by atoms with Gasteiger partial charge in [0.15, 0.2) is 0 Å². The van der Waals surface area contributed by atoms with Gasteiger partial charge in [0, 0.05) is 0 Å². The van der Waals surface area contributed by atoms with Crippen LogP contribution in [0.4, 0.5) is 0 Å². The van der Waals surface area contributed by atoms with Crippen molar-refractivity contribution in [2.75, 3.05) is 0 Å². The molecule has 3 rings (SSSR count). The van der Waals surface area contributed by atoms with Crippen LogP contribution in [0.15, 0.2) is 12.1 Å². The van der Waals surface area contributed by atoms with E-state index in [4.69, 9.17) is 0 Å². The molecule has 0 unspecified atom stereocenters. The predicted octanol–water partition coefficient (Wildman–Crippen LogP) is -0.847. The van der Waals surface area contributed by atoms with Crippen molar-refractivity contribution in [1.29, 1.82) is 0 Å². The zero-order valence-electron chi connectivity index (χ0n) is 6.73. The van der Waals surface area contributed by atoms with E-state index in [9.17, 15) is 0 Å². The van der Waals surface area contributed by atoms with Crippen LogP contribution in [-0.2, 0) is 0 Å². The van der Waals surface area contributed by atoms with Crippen molar-refractivity contribution in [3.63, 3.8) is 0 Å². The second-order valence-electron chi connectivity index (χ2n) is 2.56. The number of rotatable bonds is 0. The third-order valence-corrected chi connectivity index (χ3v) is 1.78. The van der Waals surface area contributed by atoms with Gasteiger partial charge in [0.2, 0.25) is 0 Å². The highest BCUT2D eigenvalue weighted by Crippen LogP contribution is 2.15. The van der Waals surface area contributed by atoms with Gasteiger partial charge in [-0.2, -0.15) is 0 Å². The summed E-state index contributed by atoms with van der Waals surface area (Å²) in [6, 6.07) is 3.46.